The first-order valence-corrected chi connectivity index (χ1v) is 6.11. The summed E-state index contributed by atoms with van der Waals surface area (Å²) < 4.78 is 5.45. The fraction of sp³-hybridized carbons (Fsp3) is 0.600. The molecule has 1 unspecified atom stereocenters. The number of hydrogen-bond acceptors (Lipinski definition) is 2. The summed E-state index contributed by atoms with van der Waals surface area (Å²) >= 11 is 0. The van der Waals surface area contributed by atoms with Gasteiger partial charge in [0.1, 0.15) is 5.75 Å². The topological polar surface area (TPSA) is 29.5 Å². The number of aliphatic hydroxyl groups excluding tert-OH is 1. The predicted octanol–water partition coefficient (Wildman–Crippen LogP) is 3.22. The van der Waals surface area contributed by atoms with Gasteiger partial charge in [0.2, 0.25) is 0 Å². The number of aryl methyl sites for hydroxylation is 1. The summed E-state index contributed by atoms with van der Waals surface area (Å²) in [5, 5.41) is 9.52. The summed E-state index contributed by atoms with van der Waals surface area (Å²) in [6.45, 7) is 10.4. The molecule has 0 saturated carbocycles. The highest BCUT2D eigenvalue weighted by molar-refractivity contribution is 5.45. The standard InChI is InChI=1S/C15H24O2/c1-10-7-14(17-6)13(15(3,4)5)9-12(10)8-11(2)16/h7,9,11,16H,8H2,1-6H3. The van der Waals surface area contributed by atoms with Gasteiger partial charge < -0.3 is 9.84 Å². The van der Waals surface area contributed by atoms with E-state index in [1.54, 1.807) is 7.11 Å². The van der Waals surface area contributed by atoms with Gasteiger partial charge in [-0.2, -0.15) is 0 Å². The van der Waals surface area contributed by atoms with Gasteiger partial charge in [-0.15, -0.1) is 0 Å². The SMILES string of the molecule is COc1cc(C)c(CC(C)O)cc1C(C)(C)C. The minimum Gasteiger partial charge on any atom is -0.496 e. The molecule has 0 spiro atoms. The molecule has 0 aromatic heterocycles. The molecule has 17 heavy (non-hydrogen) atoms. The number of rotatable bonds is 3. The molecule has 0 aliphatic rings. The molecule has 0 saturated heterocycles. The van der Waals surface area contributed by atoms with E-state index >= 15 is 0 Å². The quantitative estimate of drug-likeness (QED) is 0.873. The monoisotopic (exact) mass is 236 g/mol. The van der Waals surface area contributed by atoms with Gasteiger partial charge in [0.15, 0.2) is 0 Å². The van der Waals surface area contributed by atoms with E-state index < -0.39 is 0 Å². The Balaban J connectivity index is 3.28. The lowest BCUT2D eigenvalue weighted by atomic mass is 9.83. The highest BCUT2D eigenvalue weighted by atomic mass is 16.5. The van der Waals surface area contributed by atoms with Gasteiger partial charge in [0.25, 0.3) is 0 Å². The maximum atomic E-state index is 9.52. The van der Waals surface area contributed by atoms with E-state index in [-0.39, 0.29) is 11.5 Å². The number of methoxy groups -OCH3 is 1. The van der Waals surface area contributed by atoms with Crippen LogP contribution in [0.1, 0.15) is 44.4 Å². The van der Waals surface area contributed by atoms with E-state index in [0.717, 1.165) is 5.75 Å². The minimum atomic E-state index is -0.310. The molecule has 1 aromatic carbocycles. The van der Waals surface area contributed by atoms with Crippen molar-refractivity contribution in [2.24, 2.45) is 0 Å². The van der Waals surface area contributed by atoms with Crippen molar-refractivity contribution in [2.45, 2.75) is 52.6 Å². The van der Waals surface area contributed by atoms with Crippen LogP contribution < -0.4 is 4.74 Å². The second-order valence-corrected chi connectivity index (χ2v) is 5.78. The first kappa shape index (κ1) is 14.0. The highest BCUT2D eigenvalue weighted by Gasteiger charge is 2.20. The third kappa shape index (κ3) is 3.47. The number of aliphatic hydroxyl groups is 1. The van der Waals surface area contributed by atoms with E-state index in [9.17, 15) is 5.11 Å². The molecule has 0 fully saturated rings. The van der Waals surface area contributed by atoms with Gasteiger partial charge in [-0.3, -0.25) is 0 Å². The Morgan fingerprint density at radius 2 is 1.88 bits per heavy atom. The van der Waals surface area contributed by atoms with Crippen molar-refractivity contribution in [3.05, 3.63) is 28.8 Å². The lowest BCUT2D eigenvalue weighted by Crippen LogP contribution is -2.15. The van der Waals surface area contributed by atoms with Crippen LogP contribution in [0.5, 0.6) is 5.75 Å². The zero-order valence-electron chi connectivity index (χ0n) is 11.8. The average molecular weight is 236 g/mol. The molecule has 0 aliphatic heterocycles. The summed E-state index contributed by atoms with van der Waals surface area (Å²) in [6, 6.07) is 4.24. The van der Waals surface area contributed by atoms with Crippen LogP contribution in [0.25, 0.3) is 0 Å². The third-order valence-corrected chi connectivity index (χ3v) is 2.98. The lowest BCUT2D eigenvalue weighted by molar-refractivity contribution is 0.195. The molecule has 0 amide bonds. The molecule has 2 heteroatoms. The van der Waals surface area contributed by atoms with Crippen molar-refractivity contribution >= 4 is 0 Å². The van der Waals surface area contributed by atoms with Crippen molar-refractivity contribution in [1.29, 1.82) is 0 Å². The zero-order chi connectivity index (χ0) is 13.2. The second kappa shape index (κ2) is 5.09. The minimum absolute atomic E-state index is 0.0481. The highest BCUT2D eigenvalue weighted by Crippen LogP contribution is 2.33. The van der Waals surface area contributed by atoms with Crippen molar-refractivity contribution < 1.29 is 9.84 Å². The maximum absolute atomic E-state index is 9.52. The van der Waals surface area contributed by atoms with Crippen LogP contribution in [0.3, 0.4) is 0 Å². The van der Waals surface area contributed by atoms with Gasteiger partial charge in [-0.25, -0.2) is 0 Å². The van der Waals surface area contributed by atoms with Crippen LogP contribution in [0.15, 0.2) is 12.1 Å². The number of benzene rings is 1. The zero-order valence-corrected chi connectivity index (χ0v) is 11.8. The lowest BCUT2D eigenvalue weighted by Gasteiger charge is -2.24. The van der Waals surface area contributed by atoms with E-state index in [1.807, 2.05) is 6.92 Å². The van der Waals surface area contributed by atoms with Crippen molar-refractivity contribution in [3.63, 3.8) is 0 Å². The first-order chi connectivity index (χ1) is 7.75. The average Bonchev–Trinajstić information content (AvgIpc) is 2.18. The second-order valence-electron chi connectivity index (χ2n) is 5.78. The molecule has 1 aromatic rings. The summed E-state index contributed by atoms with van der Waals surface area (Å²) in [5.74, 6) is 0.935. The molecule has 1 atom stereocenters. The molecular formula is C15H24O2. The summed E-state index contributed by atoms with van der Waals surface area (Å²) in [4.78, 5) is 0. The molecule has 0 heterocycles. The first-order valence-electron chi connectivity index (χ1n) is 6.11. The molecule has 1 rings (SSSR count). The molecule has 0 radical (unpaired) electrons. The van der Waals surface area contributed by atoms with Crippen LogP contribution in [-0.4, -0.2) is 18.3 Å². The van der Waals surface area contributed by atoms with Gasteiger partial charge in [0, 0.05) is 0 Å². The molecule has 1 N–H and O–H groups in total. The van der Waals surface area contributed by atoms with Crippen LogP contribution in [0.4, 0.5) is 0 Å². The Hall–Kier alpha value is -1.02. The van der Waals surface area contributed by atoms with Crippen LogP contribution in [0, 0.1) is 6.92 Å². The van der Waals surface area contributed by atoms with Crippen LogP contribution >= 0.6 is 0 Å². The van der Waals surface area contributed by atoms with Crippen LogP contribution in [0.2, 0.25) is 0 Å². The fourth-order valence-electron chi connectivity index (χ4n) is 2.02. The van der Waals surface area contributed by atoms with Gasteiger partial charge in [-0.1, -0.05) is 26.8 Å². The predicted molar refractivity (Wildman–Crippen MR) is 71.8 cm³/mol. The summed E-state index contributed by atoms with van der Waals surface area (Å²) in [7, 11) is 1.71. The Bertz CT molecular complexity index is 387. The molecule has 0 bridgehead atoms. The van der Waals surface area contributed by atoms with Crippen molar-refractivity contribution in [2.75, 3.05) is 7.11 Å². The number of hydrogen-bond donors (Lipinski definition) is 1. The smallest absolute Gasteiger partial charge is 0.122 e. The van der Waals surface area contributed by atoms with Gasteiger partial charge >= 0.3 is 0 Å². The van der Waals surface area contributed by atoms with Gasteiger partial charge in [0.05, 0.1) is 13.2 Å². The number of ether oxygens (including phenoxy) is 1. The Morgan fingerprint density at radius 1 is 1.29 bits per heavy atom. The summed E-state index contributed by atoms with van der Waals surface area (Å²) in [6.07, 6.45) is 0.383. The molecule has 0 aliphatic carbocycles. The summed E-state index contributed by atoms with van der Waals surface area (Å²) in [5.41, 5.74) is 3.62. The van der Waals surface area contributed by atoms with E-state index in [2.05, 4.69) is 39.8 Å². The largest absolute Gasteiger partial charge is 0.496 e. The fourth-order valence-corrected chi connectivity index (χ4v) is 2.02. The van der Waals surface area contributed by atoms with Crippen molar-refractivity contribution in [3.8, 4) is 5.75 Å². The molecule has 2 nitrogen and oxygen atoms in total. The third-order valence-electron chi connectivity index (χ3n) is 2.98. The van der Waals surface area contributed by atoms with E-state index in [0.29, 0.717) is 6.42 Å². The van der Waals surface area contributed by atoms with Crippen LogP contribution in [-0.2, 0) is 11.8 Å². The van der Waals surface area contributed by atoms with E-state index in [1.165, 1.54) is 16.7 Å². The Kier molecular flexibility index (Phi) is 4.21. The normalized spacial score (nSPS) is 13.6. The molecular weight excluding hydrogens is 212 g/mol. The Morgan fingerprint density at radius 3 is 2.29 bits per heavy atom. The van der Waals surface area contributed by atoms with Gasteiger partial charge in [-0.05, 0) is 48.4 Å². The maximum Gasteiger partial charge on any atom is 0.122 e. The molecule has 96 valence electrons. The Labute approximate surface area is 105 Å². The van der Waals surface area contributed by atoms with Crippen molar-refractivity contribution in [1.82, 2.24) is 0 Å². The van der Waals surface area contributed by atoms with E-state index in [4.69, 9.17) is 4.74 Å².